The molecule has 4 nitrogen and oxygen atoms in total. The normalized spacial score (nSPS) is 23.9. The number of hydrogen-bond donors (Lipinski definition) is 1. The minimum atomic E-state index is 0.0182. The molecule has 0 spiro atoms. The molecule has 0 radical (unpaired) electrons. The molecule has 96 valence electrons. The number of thioether (sulfide) groups is 1. The molecule has 1 aliphatic heterocycles. The molecule has 2 atom stereocenters. The Kier molecular flexibility index (Phi) is 4.52. The molecule has 1 aromatic heterocycles. The van der Waals surface area contributed by atoms with E-state index >= 15 is 0 Å². The Morgan fingerprint density at radius 1 is 1.71 bits per heavy atom. The van der Waals surface area contributed by atoms with E-state index in [1.54, 1.807) is 0 Å². The van der Waals surface area contributed by atoms with Crippen molar-refractivity contribution in [2.45, 2.75) is 25.6 Å². The van der Waals surface area contributed by atoms with Crippen molar-refractivity contribution >= 4 is 27.7 Å². The quantitative estimate of drug-likeness (QED) is 0.921. The SMILES string of the molecule is CCn1ncc(Br)c1C(N)C1CSCCN1C. The molecular formula is C11H19BrN4S. The van der Waals surface area contributed by atoms with Crippen LogP contribution >= 0.6 is 27.7 Å². The highest BCUT2D eigenvalue weighted by molar-refractivity contribution is 9.10. The topological polar surface area (TPSA) is 47.1 Å². The molecule has 0 saturated carbocycles. The zero-order chi connectivity index (χ0) is 12.4. The first-order chi connectivity index (χ1) is 8.15. The number of rotatable bonds is 3. The van der Waals surface area contributed by atoms with Crippen LogP contribution in [0.1, 0.15) is 18.7 Å². The number of nitrogens with zero attached hydrogens (tertiary/aromatic N) is 3. The highest BCUT2D eigenvalue weighted by Gasteiger charge is 2.29. The Bertz CT molecular complexity index is 382. The van der Waals surface area contributed by atoms with Crippen LogP contribution in [-0.4, -0.2) is 45.8 Å². The van der Waals surface area contributed by atoms with Crippen molar-refractivity contribution in [3.63, 3.8) is 0 Å². The minimum Gasteiger partial charge on any atom is -0.321 e. The summed E-state index contributed by atoms with van der Waals surface area (Å²) in [6, 6.07) is 0.414. The molecule has 0 bridgehead atoms. The van der Waals surface area contributed by atoms with Crippen molar-refractivity contribution < 1.29 is 0 Å². The maximum absolute atomic E-state index is 6.44. The predicted molar refractivity (Wildman–Crippen MR) is 76.3 cm³/mol. The molecule has 17 heavy (non-hydrogen) atoms. The van der Waals surface area contributed by atoms with E-state index in [1.807, 2.05) is 22.6 Å². The van der Waals surface area contributed by atoms with E-state index in [-0.39, 0.29) is 6.04 Å². The van der Waals surface area contributed by atoms with Crippen LogP contribution in [-0.2, 0) is 6.54 Å². The number of aromatic nitrogens is 2. The predicted octanol–water partition coefficient (Wildman–Crippen LogP) is 1.71. The summed E-state index contributed by atoms with van der Waals surface area (Å²) in [5.74, 6) is 2.30. The maximum Gasteiger partial charge on any atom is 0.0709 e. The van der Waals surface area contributed by atoms with Crippen LogP contribution in [0, 0.1) is 0 Å². The van der Waals surface area contributed by atoms with Crippen molar-refractivity contribution in [1.82, 2.24) is 14.7 Å². The van der Waals surface area contributed by atoms with E-state index in [9.17, 15) is 0 Å². The Labute approximate surface area is 115 Å². The van der Waals surface area contributed by atoms with Gasteiger partial charge < -0.3 is 5.73 Å². The minimum absolute atomic E-state index is 0.0182. The molecule has 0 amide bonds. The van der Waals surface area contributed by atoms with Crippen LogP contribution in [0.2, 0.25) is 0 Å². The van der Waals surface area contributed by atoms with Crippen LogP contribution in [0.5, 0.6) is 0 Å². The highest BCUT2D eigenvalue weighted by Crippen LogP contribution is 2.29. The molecule has 2 rings (SSSR count). The molecular weight excluding hydrogens is 300 g/mol. The number of halogens is 1. The maximum atomic E-state index is 6.44. The zero-order valence-electron chi connectivity index (χ0n) is 10.3. The molecule has 2 heterocycles. The third-order valence-corrected chi connectivity index (χ3v) is 4.97. The Morgan fingerprint density at radius 2 is 2.47 bits per heavy atom. The summed E-state index contributed by atoms with van der Waals surface area (Å²) < 4.78 is 3.01. The Balaban J connectivity index is 2.22. The number of hydrogen-bond acceptors (Lipinski definition) is 4. The highest BCUT2D eigenvalue weighted by atomic mass is 79.9. The lowest BCUT2D eigenvalue weighted by Gasteiger charge is -2.36. The van der Waals surface area contributed by atoms with Crippen molar-refractivity contribution in [3.8, 4) is 0 Å². The molecule has 2 unspecified atom stereocenters. The number of nitrogens with two attached hydrogens (primary N) is 1. The van der Waals surface area contributed by atoms with Crippen LogP contribution in [0.25, 0.3) is 0 Å². The van der Waals surface area contributed by atoms with Gasteiger partial charge in [0.15, 0.2) is 0 Å². The van der Waals surface area contributed by atoms with Gasteiger partial charge in [0.05, 0.1) is 22.4 Å². The molecule has 1 saturated heterocycles. The van der Waals surface area contributed by atoms with Gasteiger partial charge in [0.2, 0.25) is 0 Å². The van der Waals surface area contributed by atoms with E-state index in [0.29, 0.717) is 6.04 Å². The van der Waals surface area contributed by atoms with Gasteiger partial charge in [0.25, 0.3) is 0 Å². The summed E-state index contributed by atoms with van der Waals surface area (Å²) in [6.07, 6.45) is 1.84. The Hall–Kier alpha value is -0.0400. The van der Waals surface area contributed by atoms with Crippen LogP contribution < -0.4 is 5.73 Å². The zero-order valence-corrected chi connectivity index (χ0v) is 12.7. The van der Waals surface area contributed by atoms with Crippen molar-refractivity contribution in [3.05, 3.63) is 16.4 Å². The summed E-state index contributed by atoms with van der Waals surface area (Å²) >= 11 is 5.54. The number of aryl methyl sites for hydroxylation is 1. The summed E-state index contributed by atoms with van der Waals surface area (Å²) in [4.78, 5) is 2.36. The summed E-state index contributed by atoms with van der Waals surface area (Å²) in [7, 11) is 2.16. The van der Waals surface area contributed by atoms with Gasteiger partial charge in [0, 0.05) is 30.6 Å². The van der Waals surface area contributed by atoms with E-state index in [4.69, 9.17) is 5.73 Å². The lowest BCUT2D eigenvalue weighted by Crippen LogP contribution is -2.46. The van der Waals surface area contributed by atoms with Crippen molar-refractivity contribution in [2.75, 3.05) is 25.1 Å². The van der Waals surface area contributed by atoms with Gasteiger partial charge in [-0.2, -0.15) is 16.9 Å². The fraction of sp³-hybridized carbons (Fsp3) is 0.727. The lowest BCUT2D eigenvalue weighted by atomic mass is 10.1. The van der Waals surface area contributed by atoms with Gasteiger partial charge in [-0.1, -0.05) is 0 Å². The Morgan fingerprint density at radius 3 is 3.12 bits per heavy atom. The molecule has 6 heteroatoms. The molecule has 1 fully saturated rings. The lowest BCUT2D eigenvalue weighted by molar-refractivity contribution is 0.232. The van der Waals surface area contributed by atoms with Gasteiger partial charge in [-0.3, -0.25) is 9.58 Å². The van der Waals surface area contributed by atoms with Gasteiger partial charge in [-0.15, -0.1) is 0 Å². The second-order valence-electron chi connectivity index (χ2n) is 4.34. The number of likely N-dealkylation sites (N-methyl/N-ethyl adjacent to an activating group) is 1. The van der Waals surface area contributed by atoms with Gasteiger partial charge >= 0.3 is 0 Å². The third kappa shape index (κ3) is 2.70. The largest absolute Gasteiger partial charge is 0.321 e. The third-order valence-electron chi connectivity index (χ3n) is 3.31. The molecule has 0 aromatic carbocycles. The van der Waals surface area contributed by atoms with E-state index in [0.717, 1.165) is 29.0 Å². The average molecular weight is 319 g/mol. The molecule has 0 aliphatic carbocycles. The first-order valence-electron chi connectivity index (χ1n) is 5.90. The van der Waals surface area contributed by atoms with E-state index in [1.165, 1.54) is 5.75 Å². The van der Waals surface area contributed by atoms with Crippen LogP contribution in [0.15, 0.2) is 10.7 Å². The molecule has 1 aliphatic rings. The second-order valence-corrected chi connectivity index (χ2v) is 6.35. The van der Waals surface area contributed by atoms with Gasteiger partial charge in [0.1, 0.15) is 0 Å². The van der Waals surface area contributed by atoms with Crippen LogP contribution in [0.4, 0.5) is 0 Å². The monoisotopic (exact) mass is 318 g/mol. The fourth-order valence-electron chi connectivity index (χ4n) is 2.22. The van der Waals surface area contributed by atoms with E-state index < -0.39 is 0 Å². The van der Waals surface area contributed by atoms with E-state index in [2.05, 4.69) is 39.9 Å². The first-order valence-corrected chi connectivity index (χ1v) is 7.84. The average Bonchev–Trinajstić information content (AvgIpc) is 2.70. The van der Waals surface area contributed by atoms with Crippen LogP contribution in [0.3, 0.4) is 0 Å². The molecule has 2 N–H and O–H groups in total. The first kappa shape index (κ1) is 13.4. The standard InChI is InChI=1S/C11H19BrN4S/c1-3-16-11(8(12)6-14-16)10(13)9-7-17-5-4-15(9)2/h6,9-10H,3-5,7,13H2,1-2H3. The van der Waals surface area contributed by atoms with Crippen molar-refractivity contribution in [2.24, 2.45) is 5.73 Å². The smallest absolute Gasteiger partial charge is 0.0709 e. The summed E-state index contributed by atoms with van der Waals surface area (Å²) in [5.41, 5.74) is 7.55. The summed E-state index contributed by atoms with van der Waals surface area (Å²) in [5, 5.41) is 4.34. The van der Waals surface area contributed by atoms with Gasteiger partial charge in [-0.25, -0.2) is 0 Å². The second kappa shape index (κ2) is 5.73. The summed E-state index contributed by atoms with van der Waals surface area (Å²) in [6.45, 7) is 4.06. The molecule has 1 aromatic rings. The fourth-order valence-corrected chi connectivity index (χ4v) is 4.07. The van der Waals surface area contributed by atoms with Crippen molar-refractivity contribution in [1.29, 1.82) is 0 Å². The van der Waals surface area contributed by atoms with Gasteiger partial charge in [-0.05, 0) is 29.9 Å².